The molecule has 2 aromatic carbocycles. The number of ketones is 2. The van der Waals surface area contributed by atoms with Crippen molar-refractivity contribution in [1.82, 2.24) is 4.90 Å². The Hall–Kier alpha value is -3.95. The maximum Gasteiger partial charge on any atom is 0.255 e. The minimum absolute atomic E-state index is 0.0144. The predicted octanol–water partition coefficient (Wildman–Crippen LogP) is 1.93. The minimum Gasteiger partial charge on any atom is -0.507 e. The number of carbonyl (C=O) groups excluding carboxylic acids is 3. The third-order valence-electron chi connectivity index (χ3n) is 8.05. The van der Waals surface area contributed by atoms with Crippen LogP contribution in [0.15, 0.2) is 59.4 Å². The van der Waals surface area contributed by atoms with Gasteiger partial charge in [0, 0.05) is 11.5 Å². The smallest absolute Gasteiger partial charge is 0.255 e. The number of benzene rings is 2. The fraction of sp³-hybridized carbons (Fsp3) is 0.345. The van der Waals surface area contributed by atoms with Crippen molar-refractivity contribution in [2.75, 3.05) is 14.1 Å². The highest BCUT2D eigenvalue weighted by Crippen LogP contribution is 2.52. The molecule has 0 heterocycles. The molecule has 5 N–H and O–H groups in total. The van der Waals surface area contributed by atoms with Crippen LogP contribution in [0.4, 0.5) is 0 Å². The van der Waals surface area contributed by atoms with E-state index in [1.165, 1.54) is 6.07 Å². The van der Waals surface area contributed by atoms with E-state index in [1.54, 1.807) is 25.1 Å². The molecule has 0 unspecified atom stereocenters. The Morgan fingerprint density at radius 3 is 2.42 bits per heavy atom. The predicted molar refractivity (Wildman–Crippen MR) is 138 cm³/mol. The monoisotopic (exact) mass is 518 g/mol. The summed E-state index contributed by atoms with van der Waals surface area (Å²) in [4.78, 5) is 42.0. The lowest BCUT2D eigenvalue weighted by Gasteiger charge is -2.50. The number of fused-ring (bicyclic) bond motifs is 3. The number of Topliss-reactive ketones (excluding diaryl/α,β-unsaturated/α-hetero) is 2. The van der Waals surface area contributed by atoms with E-state index in [0.29, 0.717) is 12.0 Å². The molecule has 0 aliphatic heterocycles. The summed E-state index contributed by atoms with van der Waals surface area (Å²) in [6.07, 6.45) is 0.475. The number of aliphatic hydroxyl groups excluding tert-OH is 1. The fourth-order valence-electron chi connectivity index (χ4n) is 6.27. The van der Waals surface area contributed by atoms with Crippen LogP contribution in [0.1, 0.15) is 28.7 Å². The molecule has 9 nitrogen and oxygen atoms in total. The van der Waals surface area contributed by atoms with E-state index in [9.17, 15) is 29.7 Å². The highest BCUT2D eigenvalue weighted by atomic mass is 16.5. The Morgan fingerprint density at radius 1 is 1.11 bits per heavy atom. The van der Waals surface area contributed by atoms with Gasteiger partial charge in [-0.1, -0.05) is 36.4 Å². The van der Waals surface area contributed by atoms with Crippen LogP contribution in [-0.2, 0) is 32.1 Å². The largest absolute Gasteiger partial charge is 0.507 e. The summed E-state index contributed by atoms with van der Waals surface area (Å²) in [6.45, 7) is 1.90. The molecule has 38 heavy (non-hydrogen) atoms. The van der Waals surface area contributed by atoms with Crippen molar-refractivity contribution in [1.29, 1.82) is 0 Å². The number of aryl methyl sites for hydroxylation is 1. The maximum atomic E-state index is 14.0. The second kappa shape index (κ2) is 9.11. The lowest BCUT2D eigenvalue weighted by atomic mass is 9.57. The average molecular weight is 519 g/mol. The van der Waals surface area contributed by atoms with E-state index < -0.39 is 52.3 Å². The van der Waals surface area contributed by atoms with E-state index >= 15 is 0 Å². The molecule has 0 aromatic heterocycles. The Labute approximate surface area is 219 Å². The number of rotatable bonds is 5. The quantitative estimate of drug-likeness (QED) is 0.346. The van der Waals surface area contributed by atoms with Crippen molar-refractivity contribution in [3.8, 4) is 5.75 Å². The summed E-state index contributed by atoms with van der Waals surface area (Å²) < 4.78 is 6.06. The fourth-order valence-corrected chi connectivity index (χ4v) is 6.27. The van der Waals surface area contributed by atoms with Crippen LogP contribution >= 0.6 is 0 Å². The van der Waals surface area contributed by atoms with Crippen molar-refractivity contribution in [2.45, 2.75) is 38.0 Å². The Bertz CT molecular complexity index is 1430. The normalized spacial score (nSPS) is 26.7. The van der Waals surface area contributed by atoms with Gasteiger partial charge in [0.05, 0.1) is 11.6 Å². The van der Waals surface area contributed by atoms with Crippen LogP contribution < -0.4 is 5.73 Å². The number of nitrogens with zero attached hydrogens (tertiary/aromatic N) is 1. The van der Waals surface area contributed by atoms with Gasteiger partial charge in [0.1, 0.15) is 29.4 Å². The van der Waals surface area contributed by atoms with Crippen LogP contribution in [-0.4, -0.2) is 63.4 Å². The molecule has 0 bridgehead atoms. The van der Waals surface area contributed by atoms with Crippen molar-refractivity contribution >= 4 is 23.2 Å². The van der Waals surface area contributed by atoms with E-state index in [1.807, 2.05) is 37.3 Å². The van der Waals surface area contributed by atoms with Gasteiger partial charge in [0.15, 0.2) is 5.60 Å². The molecule has 4 atom stereocenters. The third kappa shape index (κ3) is 3.65. The first-order chi connectivity index (χ1) is 18.0. The Morgan fingerprint density at radius 2 is 1.79 bits per heavy atom. The molecule has 1 amide bonds. The molecule has 0 spiro atoms. The zero-order chi connectivity index (χ0) is 27.5. The number of hydrogen-bond acceptors (Lipinski definition) is 8. The van der Waals surface area contributed by atoms with Crippen LogP contribution in [0.3, 0.4) is 0 Å². The number of amides is 1. The highest BCUT2D eigenvalue weighted by Gasteiger charge is 2.65. The molecule has 5 rings (SSSR count). The second-order valence-electron chi connectivity index (χ2n) is 10.5. The van der Waals surface area contributed by atoms with Crippen molar-refractivity contribution in [3.05, 3.63) is 81.6 Å². The first kappa shape index (κ1) is 25.7. The Balaban J connectivity index is 1.66. The summed E-state index contributed by atoms with van der Waals surface area (Å²) in [5.41, 5.74) is 4.75. The van der Waals surface area contributed by atoms with Gasteiger partial charge >= 0.3 is 0 Å². The molecular formula is C29H30N2O7. The van der Waals surface area contributed by atoms with Crippen molar-refractivity contribution in [3.63, 3.8) is 0 Å². The van der Waals surface area contributed by atoms with Gasteiger partial charge in [-0.05, 0) is 62.5 Å². The zero-order valence-electron chi connectivity index (χ0n) is 21.4. The molecule has 3 aliphatic rings. The number of likely N-dealkylation sites (N-methyl/N-ethyl adjacent to an activating group) is 1. The second-order valence-corrected chi connectivity index (χ2v) is 10.5. The number of carbonyl (C=O) groups is 3. The third-order valence-corrected chi connectivity index (χ3v) is 8.05. The summed E-state index contributed by atoms with van der Waals surface area (Å²) in [5.74, 6) is -5.40. The van der Waals surface area contributed by atoms with Crippen LogP contribution in [0, 0.1) is 18.8 Å². The van der Waals surface area contributed by atoms with E-state index in [0.717, 1.165) is 11.1 Å². The summed E-state index contributed by atoms with van der Waals surface area (Å²) in [6, 6.07) is 11.5. The maximum absolute atomic E-state index is 14.0. The standard InChI is InChI=1S/C29H30N2O7/c1-14-9-10-19(32)21-17(14)11-16-12-18-23(31(2)3)25(38-13-15-7-5-4-6-8-15)22(28(30)36)27(35)29(18,37)26(34)20(16)24(21)33/h4-10,16,18,23,32-33,37H,11-13H2,1-3H3,(H2,30,36)/t16-,18-,23-,29-/m0/s1. The van der Waals surface area contributed by atoms with Gasteiger partial charge in [-0.2, -0.15) is 0 Å². The number of ether oxygens (including phenoxy) is 1. The van der Waals surface area contributed by atoms with Crippen molar-refractivity contribution < 1.29 is 34.4 Å². The van der Waals surface area contributed by atoms with Gasteiger partial charge < -0.3 is 25.8 Å². The van der Waals surface area contributed by atoms with E-state index in [4.69, 9.17) is 10.5 Å². The molecule has 9 heteroatoms. The van der Waals surface area contributed by atoms with Gasteiger partial charge in [-0.3, -0.25) is 19.3 Å². The number of phenolic OH excluding ortho intramolecular Hbond substituents is 1. The molecule has 1 fully saturated rings. The van der Waals surface area contributed by atoms with Crippen LogP contribution in [0.25, 0.3) is 5.76 Å². The number of primary amides is 1. The lowest BCUT2D eigenvalue weighted by Crippen LogP contribution is -2.67. The average Bonchev–Trinajstić information content (AvgIpc) is 2.87. The number of nitrogens with two attached hydrogens (primary N) is 1. The number of aliphatic hydroxyl groups is 2. The number of phenols is 1. The summed E-state index contributed by atoms with van der Waals surface area (Å²) in [7, 11) is 3.41. The van der Waals surface area contributed by atoms with Gasteiger partial charge in [0.2, 0.25) is 11.6 Å². The first-order valence-electron chi connectivity index (χ1n) is 12.4. The minimum atomic E-state index is -2.64. The molecule has 198 valence electrons. The topological polar surface area (TPSA) is 150 Å². The summed E-state index contributed by atoms with van der Waals surface area (Å²) >= 11 is 0. The molecule has 2 aromatic rings. The van der Waals surface area contributed by atoms with Gasteiger partial charge in [0.25, 0.3) is 5.91 Å². The number of aromatic hydroxyl groups is 1. The molecule has 0 saturated heterocycles. The van der Waals surface area contributed by atoms with Crippen molar-refractivity contribution in [2.24, 2.45) is 17.6 Å². The Kier molecular flexibility index (Phi) is 6.16. The van der Waals surface area contributed by atoms with Gasteiger partial charge in [-0.15, -0.1) is 0 Å². The highest BCUT2D eigenvalue weighted by molar-refractivity contribution is 6.33. The lowest BCUT2D eigenvalue weighted by molar-refractivity contribution is -0.162. The van der Waals surface area contributed by atoms with Crippen LogP contribution in [0.2, 0.25) is 0 Å². The van der Waals surface area contributed by atoms with Gasteiger partial charge in [-0.25, -0.2) is 0 Å². The molecule has 3 aliphatic carbocycles. The zero-order valence-corrected chi connectivity index (χ0v) is 21.4. The number of hydrogen-bond donors (Lipinski definition) is 4. The molecule has 0 radical (unpaired) electrons. The first-order valence-corrected chi connectivity index (χ1v) is 12.4. The van der Waals surface area contributed by atoms with Crippen LogP contribution in [0.5, 0.6) is 5.75 Å². The van der Waals surface area contributed by atoms with E-state index in [2.05, 4.69) is 0 Å². The SMILES string of the molecule is Cc1ccc(O)c2c1C[C@H]1C[C@H]3[C@H](N(C)C)C(OCc4ccccc4)=C(C(N)=O)C(=O)[C@@]3(O)C(=O)C1=C2O. The van der Waals surface area contributed by atoms with E-state index in [-0.39, 0.29) is 35.7 Å². The summed E-state index contributed by atoms with van der Waals surface area (Å²) in [5, 5.41) is 33.5. The molecule has 1 saturated carbocycles. The molecular weight excluding hydrogens is 488 g/mol.